The molecule has 184 valence electrons. The van der Waals surface area contributed by atoms with Crippen molar-refractivity contribution >= 4 is 11.6 Å². The fourth-order valence-electron chi connectivity index (χ4n) is 4.48. The van der Waals surface area contributed by atoms with Crippen LogP contribution in [0.5, 0.6) is 11.5 Å². The second-order valence-electron chi connectivity index (χ2n) is 9.44. The summed E-state index contributed by atoms with van der Waals surface area (Å²) >= 11 is 0. The van der Waals surface area contributed by atoms with Gasteiger partial charge in [-0.25, -0.2) is 4.98 Å². The van der Waals surface area contributed by atoms with Gasteiger partial charge >= 0.3 is 0 Å². The van der Waals surface area contributed by atoms with E-state index in [1.54, 1.807) is 12.4 Å². The van der Waals surface area contributed by atoms with E-state index in [-0.39, 0.29) is 11.9 Å². The molecule has 5 rings (SSSR count). The molecule has 0 radical (unpaired) electrons. The number of imidazole rings is 1. The van der Waals surface area contributed by atoms with E-state index in [2.05, 4.69) is 21.3 Å². The van der Waals surface area contributed by atoms with Gasteiger partial charge in [-0.3, -0.25) is 9.69 Å². The van der Waals surface area contributed by atoms with Crippen LogP contribution in [0.2, 0.25) is 0 Å². The number of hydrogen-bond donors (Lipinski definition) is 2. The van der Waals surface area contributed by atoms with Crippen LogP contribution >= 0.6 is 0 Å². The van der Waals surface area contributed by atoms with Crippen LogP contribution in [0.25, 0.3) is 5.69 Å². The van der Waals surface area contributed by atoms with Gasteiger partial charge in [-0.15, -0.1) is 0 Å². The summed E-state index contributed by atoms with van der Waals surface area (Å²) in [5, 5.41) is 3.09. The smallest absolute Gasteiger partial charge is 0.255 e. The molecule has 7 heteroatoms. The van der Waals surface area contributed by atoms with Gasteiger partial charge in [0.15, 0.2) is 0 Å². The molecular formula is C29H31N5O2. The highest BCUT2D eigenvalue weighted by Crippen LogP contribution is 2.27. The minimum atomic E-state index is -0.194. The summed E-state index contributed by atoms with van der Waals surface area (Å²) in [4.78, 5) is 20.0. The quantitative estimate of drug-likeness (QED) is 0.385. The van der Waals surface area contributed by atoms with Crippen molar-refractivity contribution in [3.8, 4) is 17.2 Å². The molecule has 0 aliphatic carbocycles. The van der Waals surface area contributed by atoms with Crippen LogP contribution in [0.1, 0.15) is 33.6 Å². The van der Waals surface area contributed by atoms with Crippen molar-refractivity contribution in [1.29, 1.82) is 0 Å². The second kappa shape index (κ2) is 10.4. The Bertz CT molecular complexity index is 1370. The zero-order valence-corrected chi connectivity index (χ0v) is 20.6. The van der Waals surface area contributed by atoms with Crippen LogP contribution in [0, 0.1) is 13.8 Å². The maximum Gasteiger partial charge on any atom is 0.255 e. The average molecular weight is 482 g/mol. The lowest BCUT2D eigenvalue weighted by Crippen LogP contribution is -2.26. The van der Waals surface area contributed by atoms with Gasteiger partial charge in [-0.2, -0.15) is 0 Å². The first-order valence-corrected chi connectivity index (χ1v) is 12.2. The van der Waals surface area contributed by atoms with E-state index in [9.17, 15) is 4.79 Å². The number of rotatable bonds is 7. The fourth-order valence-corrected chi connectivity index (χ4v) is 4.48. The number of benzene rings is 3. The summed E-state index contributed by atoms with van der Waals surface area (Å²) in [7, 11) is 0. The maximum atomic E-state index is 13.3. The molecule has 0 spiro atoms. The molecule has 36 heavy (non-hydrogen) atoms. The van der Waals surface area contributed by atoms with Crippen LogP contribution in [0.4, 0.5) is 5.69 Å². The van der Waals surface area contributed by atoms with Gasteiger partial charge in [0.1, 0.15) is 11.5 Å². The first-order valence-electron chi connectivity index (χ1n) is 12.2. The van der Waals surface area contributed by atoms with Gasteiger partial charge in [0.05, 0.1) is 12.0 Å². The predicted octanol–water partition coefficient (Wildman–Crippen LogP) is 5.07. The zero-order chi connectivity index (χ0) is 25.1. The minimum Gasteiger partial charge on any atom is -0.457 e. The lowest BCUT2D eigenvalue weighted by molar-refractivity contribution is 0.102. The summed E-state index contributed by atoms with van der Waals surface area (Å²) in [5.41, 5.74) is 11.3. The Hall–Kier alpha value is -3.94. The van der Waals surface area contributed by atoms with Crippen molar-refractivity contribution in [2.75, 3.05) is 18.4 Å². The van der Waals surface area contributed by atoms with E-state index in [4.69, 9.17) is 10.5 Å². The zero-order valence-electron chi connectivity index (χ0n) is 20.6. The fraction of sp³-hybridized carbons (Fsp3) is 0.241. The summed E-state index contributed by atoms with van der Waals surface area (Å²) in [5.74, 6) is 1.19. The van der Waals surface area contributed by atoms with Gasteiger partial charge in [0.25, 0.3) is 5.91 Å². The monoisotopic (exact) mass is 481 g/mol. The predicted molar refractivity (Wildman–Crippen MR) is 142 cm³/mol. The molecule has 3 N–H and O–H groups in total. The molecule has 7 nitrogen and oxygen atoms in total. The molecule has 0 unspecified atom stereocenters. The van der Waals surface area contributed by atoms with Gasteiger partial charge in [-0.05, 0) is 73.9 Å². The highest BCUT2D eigenvalue weighted by molar-refractivity contribution is 6.04. The van der Waals surface area contributed by atoms with Gasteiger partial charge < -0.3 is 20.4 Å². The summed E-state index contributed by atoms with van der Waals surface area (Å²) in [6.07, 6.45) is 4.77. The number of aryl methyl sites for hydroxylation is 2. The number of aromatic nitrogens is 2. The molecule has 1 saturated heterocycles. The van der Waals surface area contributed by atoms with Crippen LogP contribution in [-0.4, -0.2) is 39.5 Å². The number of nitrogens with one attached hydrogen (secondary N) is 1. The Morgan fingerprint density at radius 3 is 2.67 bits per heavy atom. The number of likely N-dealkylation sites (tertiary alicyclic amines) is 1. The number of para-hydroxylation sites is 1. The Labute approximate surface area is 211 Å². The number of nitrogens with zero attached hydrogens (tertiary/aromatic N) is 3. The highest BCUT2D eigenvalue weighted by atomic mass is 16.5. The lowest BCUT2D eigenvalue weighted by Gasteiger charge is -2.18. The molecule has 1 amide bonds. The molecule has 1 fully saturated rings. The third kappa shape index (κ3) is 5.64. The van der Waals surface area contributed by atoms with E-state index in [0.717, 1.165) is 60.0 Å². The topological polar surface area (TPSA) is 85.4 Å². The molecule has 0 bridgehead atoms. The average Bonchev–Trinajstić information content (AvgIpc) is 3.48. The van der Waals surface area contributed by atoms with Crippen molar-refractivity contribution < 1.29 is 9.53 Å². The third-order valence-corrected chi connectivity index (χ3v) is 6.38. The number of amides is 1. The summed E-state index contributed by atoms with van der Waals surface area (Å²) < 4.78 is 8.00. The molecule has 2 heterocycles. The normalized spacial score (nSPS) is 15.7. The Morgan fingerprint density at radius 1 is 1.11 bits per heavy atom. The van der Waals surface area contributed by atoms with Crippen molar-refractivity contribution in [3.63, 3.8) is 0 Å². The van der Waals surface area contributed by atoms with E-state index in [1.807, 2.05) is 79.2 Å². The molecule has 1 aliphatic rings. The van der Waals surface area contributed by atoms with E-state index in [0.29, 0.717) is 11.3 Å². The van der Waals surface area contributed by atoms with Crippen LogP contribution in [0.3, 0.4) is 0 Å². The number of carbonyl (C=O) groups excluding carboxylic acids is 1. The van der Waals surface area contributed by atoms with Crippen molar-refractivity contribution in [2.45, 2.75) is 32.9 Å². The van der Waals surface area contributed by atoms with Gasteiger partial charge in [0, 0.05) is 48.8 Å². The van der Waals surface area contributed by atoms with E-state index >= 15 is 0 Å². The van der Waals surface area contributed by atoms with Crippen molar-refractivity contribution in [2.24, 2.45) is 5.73 Å². The number of carbonyl (C=O) groups is 1. The molecule has 1 aliphatic heterocycles. The Kier molecular flexibility index (Phi) is 6.84. The second-order valence-corrected chi connectivity index (χ2v) is 9.44. The molecule has 3 aromatic carbocycles. The molecule has 1 aromatic heterocycles. The van der Waals surface area contributed by atoms with Crippen LogP contribution < -0.4 is 15.8 Å². The summed E-state index contributed by atoms with van der Waals surface area (Å²) in [6.45, 7) is 6.56. The third-order valence-electron chi connectivity index (χ3n) is 6.38. The Balaban J connectivity index is 1.40. The highest BCUT2D eigenvalue weighted by Gasteiger charge is 2.20. The van der Waals surface area contributed by atoms with E-state index in [1.165, 1.54) is 0 Å². The molecular weight excluding hydrogens is 450 g/mol. The largest absolute Gasteiger partial charge is 0.457 e. The molecule has 0 saturated carbocycles. The number of anilines is 1. The first-order chi connectivity index (χ1) is 17.4. The molecule has 1 atom stereocenters. The lowest BCUT2D eigenvalue weighted by atomic mass is 10.1. The van der Waals surface area contributed by atoms with Crippen LogP contribution in [0.15, 0.2) is 79.3 Å². The number of nitrogens with two attached hydrogens (primary N) is 1. The first kappa shape index (κ1) is 23.8. The molecule has 4 aromatic rings. The van der Waals surface area contributed by atoms with Gasteiger partial charge in [0.2, 0.25) is 0 Å². The number of hydrogen-bond acceptors (Lipinski definition) is 5. The van der Waals surface area contributed by atoms with Crippen molar-refractivity contribution in [3.05, 3.63) is 102 Å². The number of ether oxygens (including phenoxy) is 1. The summed E-state index contributed by atoms with van der Waals surface area (Å²) in [6, 6.07) is 21.4. The van der Waals surface area contributed by atoms with Gasteiger partial charge in [-0.1, -0.05) is 24.3 Å². The Morgan fingerprint density at radius 2 is 1.94 bits per heavy atom. The van der Waals surface area contributed by atoms with Crippen LogP contribution in [-0.2, 0) is 6.54 Å². The van der Waals surface area contributed by atoms with Crippen molar-refractivity contribution in [1.82, 2.24) is 14.5 Å². The maximum absolute atomic E-state index is 13.3. The van der Waals surface area contributed by atoms with E-state index < -0.39 is 0 Å². The SMILES string of the molecule is Cc1cn(-c2cc(CN3CC[C@H](N)C3)cc(NC(=O)c3ccc(C)c(Oc4ccccc4)c3)c2)cn1. The standard InChI is InChI=1S/C29H31N5O2/c1-20-8-9-23(14-28(20)36-27-6-4-3-5-7-27)29(35)32-25-12-22(17-33-11-10-24(30)18-33)13-26(15-25)34-16-21(2)31-19-34/h3-9,12-16,19,24H,10-11,17-18,30H2,1-2H3,(H,32,35)/t24-/m0/s1. The minimum absolute atomic E-state index is 0.194.